The molecule has 0 bridgehead atoms. The fraction of sp³-hybridized carbons (Fsp3) is 0.400. The molecule has 11 heteroatoms. The number of nitro benzene ring substituents is 2. The lowest BCUT2D eigenvalue weighted by Gasteiger charge is -2.09. The highest BCUT2D eigenvalue weighted by Gasteiger charge is 2.40. The van der Waals surface area contributed by atoms with E-state index >= 15 is 0 Å². The van der Waals surface area contributed by atoms with Crippen LogP contribution in [0, 0.1) is 20.2 Å². The minimum atomic E-state index is -3.89. The minimum Gasteiger partial charge on any atom is -0.357 e. The third-order valence-corrected chi connectivity index (χ3v) is 5.12. The molecule has 2 aliphatic heterocycles. The van der Waals surface area contributed by atoms with Crippen molar-refractivity contribution in [3.8, 4) is 0 Å². The summed E-state index contributed by atoms with van der Waals surface area (Å²) in [6.07, 6.45) is 0. The van der Waals surface area contributed by atoms with Crippen molar-refractivity contribution in [3.63, 3.8) is 0 Å². The smallest absolute Gasteiger partial charge is 0.301 e. The van der Waals surface area contributed by atoms with Crippen molar-refractivity contribution < 1.29 is 18.3 Å². The molecule has 0 unspecified atom stereocenters. The molecule has 0 radical (unpaired) electrons. The fourth-order valence-electron chi connectivity index (χ4n) is 2.03. The quantitative estimate of drug-likeness (QED) is 0.435. The predicted molar refractivity (Wildman–Crippen MR) is 70.7 cm³/mol. The van der Waals surface area contributed by atoms with Crippen molar-refractivity contribution in [2.75, 3.05) is 31.1 Å². The Balaban J connectivity index is 2.24. The monoisotopic (exact) mass is 314 g/mol. The summed E-state index contributed by atoms with van der Waals surface area (Å²) in [6, 6.07) is 1.79. The van der Waals surface area contributed by atoms with Crippen molar-refractivity contribution in [2.24, 2.45) is 0 Å². The minimum absolute atomic E-state index is 0.130. The van der Waals surface area contributed by atoms with Crippen LogP contribution in [0.5, 0.6) is 0 Å². The second-order valence-electron chi connectivity index (χ2n) is 4.72. The number of hydrogen-bond donors (Lipinski definition) is 0. The Bertz CT molecular complexity index is 718. The molecule has 10 nitrogen and oxygen atoms in total. The van der Waals surface area contributed by atoms with Crippen LogP contribution >= 0.6 is 0 Å². The van der Waals surface area contributed by atoms with E-state index in [1.807, 2.05) is 0 Å². The summed E-state index contributed by atoms with van der Waals surface area (Å²) in [5.41, 5.74) is -1.24. The van der Waals surface area contributed by atoms with E-state index in [1.54, 1.807) is 0 Å². The second kappa shape index (κ2) is 4.36. The van der Waals surface area contributed by atoms with E-state index in [4.69, 9.17) is 0 Å². The first kappa shape index (κ1) is 13.7. The molecule has 21 heavy (non-hydrogen) atoms. The maximum Gasteiger partial charge on any atom is 0.301 e. The molecular weight excluding hydrogens is 304 g/mol. The lowest BCUT2D eigenvalue weighted by molar-refractivity contribution is -0.392. The zero-order chi connectivity index (χ0) is 15.4. The van der Waals surface area contributed by atoms with E-state index in [0.717, 1.165) is 16.4 Å². The van der Waals surface area contributed by atoms with Crippen molar-refractivity contribution in [2.45, 2.75) is 4.90 Å². The van der Waals surface area contributed by atoms with Gasteiger partial charge in [0.1, 0.15) is 0 Å². The van der Waals surface area contributed by atoms with Gasteiger partial charge in [0, 0.05) is 38.3 Å². The Morgan fingerprint density at radius 3 is 1.76 bits per heavy atom. The molecule has 0 spiro atoms. The van der Waals surface area contributed by atoms with Gasteiger partial charge >= 0.3 is 11.4 Å². The number of rotatable bonds is 5. The highest BCUT2D eigenvalue weighted by molar-refractivity contribution is 7.89. The third-order valence-electron chi connectivity index (χ3n) is 3.24. The Morgan fingerprint density at radius 1 is 0.952 bits per heavy atom. The van der Waals surface area contributed by atoms with Gasteiger partial charge in [-0.1, -0.05) is 0 Å². The molecule has 2 saturated heterocycles. The lowest BCUT2D eigenvalue weighted by Crippen LogP contribution is -2.13. The van der Waals surface area contributed by atoms with E-state index in [0.29, 0.717) is 26.2 Å². The van der Waals surface area contributed by atoms with Crippen molar-refractivity contribution in [3.05, 3.63) is 32.4 Å². The maximum absolute atomic E-state index is 12.1. The van der Waals surface area contributed by atoms with Gasteiger partial charge in [0.2, 0.25) is 10.0 Å². The number of benzene rings is 1. The van der Waals surface area contributed by atoms with Crippen LogP contribution in [0.4, 0.5) is 17.1 Å². The molecule has 0 aromatic heterocycles. The summed E-state index contributed by atoms with van der Waals surface area (Å²) < 4.78 is 25.3. The predicted octanol–water partition coefficient (Wildman–Crippen LogP) is 0.327. The molecule has 0 aliphatic carbocycles. The normalized spacial score (nSPS) is 17.6. The van der Waals surface area contributed by atoms with Gasteiger partial charge in [0.05, 0.1) is 14.7 Å². The third kappa shape index (κ3) is 2.29. The van der Waals surface area contributed by atoms with Crippen LogP contribution in [0.1, 0.15) is 0 Å². The van der Waals surface area contributed by atoms with Crippen LogP contribution in [0.15, 0.2) is 17.0 Å². The summed E-state index contributed by atoms with van der Waals surface area (Å²) in [5.74, 6) is 0. The van der Waals surface area contributed by atoms with E-state index < -0.39 is 36.1 Å². The second-order valence-corrected chi connectivity index (χ2v) is 6.65. The zero-order valence-corrected chi connectivity index (χ0v) is 11.4. The molecule has 2 heterocycles. The Morgan fingerprint density at radius 2 is 1.43 bits per heavy atom. The summed E-state index contributed by atoms with van der Waals surface area (Å²) in [6.45, 7) is 1.58. The first-order chi connectivity index (χ1) is 9.82. The van der Waals surface area contributed by atoms with E-state index in [1.165, 1.54) is 4.90 Å². The van der Waals surface area contributed by atoms with Gasteiger partial charge in [-0.2, -0.15) is 4.31 Å². The van der Waals surface area contributed by atoms with Crippen LogP contribution in [-0.4, -0.2) is 48.7 Å². The Hall–Kier alpha value is -2.27. The molecule has 0 N–H and O–H groups in total. The van der Waals surface area contributed by atoms with Crippen molar-refractivity contribution >= 4 is 27.1 Å². The SMILES string of the molecule is O=[N+]([O-])c1cc(S(=O)(=O)N2CC2)cc([N+](=O)[O-])c1N1CC1. The van der Waals surface area contributed by atoms with Gasteiger partial charge in [-0.05, 0) is 0 Å². The molecule has 0 atom stereocenters. The number of hydrogen-bond acceptors (Lipinski definition) is 7. The average Bonchev–Trinajstić information content (AvgIpc) is 3.29. The van der Waals surface area contributed by atoms with E-state index in [9.17, 15) is 28.6 Å². The summed E-state index contributed by atoms with van der Waals surface area (Å²) >= 11 is 0. The van der Waals surface area contributed by atoms with Gasteiger partial charge in [-0.3, -0.25) is 20.2 Å². The Kier molecular flexibility index (Phi) is 2.85. The summed E-state index contributed by atoms with van der Waals surface area (Å²) in [4.78, 5) is 21.8. The molecule has 0 amide bonds. The summed E-state index contributed by atoms with van der Waals surface area (Å²) in [7, 11) is -3.89. The molecule has 112 valence electrons. The number of nitrogens with zero attached hydrogens (tertiary/aromatic N) is 4. The van der Waals surface area contributed by atoms with Crippen LogP contribution < -0.4 is 4.90 Å². The molecule has 2 fully saturated rings. The highest BCUT2D eigenvalue weighted by atomic mass is 32.2. The van der Waals surface area contributed by atoms with Crippen LogP contribution in [0.25, 0.3) is 0 Å². The topological polar surface area (TPSA) is 126 Å². The average molecular weight is 314 g/mol. The van der Waals surface area contributed by atoms with Gasteiger partial charge in [0.15, 0.2) is 5.69 Å². The van der Waals surface area contributed by atoms with Gasteiger partial charge in [-0.15, -0.1) is 0 Å². The van der Waals surface area contributed by atoms with Gasteiger partial charge in [0.25, 0.3) is 0 Å². The summed E-state index contributed by atoms with van der Waals surface area (Å²) in [5, 5.41) is 22.3. The first-order valence-corrected chi connectivity index (χ1v) is 7.48. The lowest BCUT2D eigenvalue weighted by atomic mass is 10.2. The molecule has 1 aromatic carbocycles. The van der Waals surface area contributed by atoms with E-state index in [-0.39, 0.29) is 5.69 Å². The van der Waals surface area contributed by atoms with Crippen LogP contribution in [0.3, 0.4) is 0 Å². The van der Waals surface area contributed by atoms with Crippen molar-refractivity contribution in [1.82, 2.24) is 4.31 Å². The number of sulfonamides is 1. The largest absolute Gasteiger partial charge is 0.357 e. The maximum atomic E-state index is 12.1. The molecule has 0 saturated carbocycles. The molecule has 1 aromatic rings. The zero-order valence-electron chi connectivity index (χ0n) is 10.6. The van der Waals surface area contributed by atoms with Crippen LogP contribution in [-0.2, 0) is 10.0 Å². The first-order valence-electron chi connectivity index (χ1n) is 6.04. The molecule has 3 rings (SSSR count). The standard InChI is InChI=1S/C10H10N4O6S/c15-13(16)8-5-7(21(19,20)12-3-4-12)6-9(14(17)18)10(8)11-1-2-11/h5-6H,1-4H2. The highest BCUT2D eigenvalue weighted by Crippen LogP contribution is 2.43. The molecule has 2 aliphatic rings. The van der Waals surface area contributed by atoms with Crippen molar-refractivity contribution in [1.29, 1.82) is 0 Å². The molecular formula is C10H10N4O6S. The van der Waals surface area contributed by atoms with E-state index in [2.05, 4.69) is 0 Å². The number of nitro groups is 2. The van der Waals surface area contributed by atoms with Gasteiger partial charge in [-0.25, -0.2) is 8.42 Å². The van der Waals surface area contributed by atoms with Crippen LogP contribution in [0.2, 0.25) is 0 Å². The fourth-order valence-corrected chi connectivity index (χ4v) is 3.42. The number of anilines is 1. The Labute approximate surface area is 118 Å². The van der Waals surface area contributed by atoms with Gasteiger partial charge < -0.3 is 4.90 Å².